The molecule has 4 aromatic rings. The van der Waals surface area contributed by atoms with Gasteiger partial charge < -0.3 is 23.9 Å². The van der Waals surface area contributed by atoms with Gasteiger partial charge in [0, 0.05) is 11.8 Å². The first-order chi connectivity index (χ1) is 17.6. The van der Waals surface area contributed by atoms with Gasteiger partial charge in [-0.25, -0.2) is 0 Å². The summed E-state index contributed by atoms with van der Waals surface area (Å²) in [7, 11) is 0. The standard InChI is InChI=1S/C27H22F3NO6/c1-3-34-18-9-7-17(8-10-18)31-23(32)15-35-19-11-12-21-22(14-19)37-26(27(28,29)30)25(24(21)33)36-20-6-4-5-16(2)13-20/h4-14H,3,15H2,1-2H3,(H,31,32). The van der Waals surface area contributed by atoms with Crippen LogP contribution in [0.1, 0.15) is 18.2 Å². The third-order valence-corrected chi connectivity index (χ3v) is 5.11. The second kappa shape index (κ2) is 10.7. The van der Waals surface area contributed by atoms with Crippen molar-refractivity contribution in [2.45, 2.75) is 20.0 Å². The molecule has 1 aromatic heterocycles. The minimum Gasteiger partial charge on any atom is -0.494 e. The highest BCUT2D eigenvalue weighted by Crippen LogP contribution is 2.38. The molecule has 0 saturated heterocycles. The monoisotopic (exact) mass is 513 g/mol. The van der Waals surface area contributed by atoms with Gasteiger partial charge in [0.25, 0.3) is 11.7 Å². The van der Waals surface area contributed by atoms with Crippen LogP contribution < -0.4 is 25.0 Å². The Balaban J connectivity index is 1.54. The summed E-state index contributed by atoms with van der Waals surface area (Å²) in [6.45, 7) is 3.67. The minimum atomic E-state index is -5.00. The van der Waals surface area contributed by atoms with Gasteiger partial charge in [0.1, 0.15) is 22.8 Å². The molecule has 1 N–H and O–H groups in total. The number of anilines is 1. The minimum absolute atomic E-state index is 0.0398. The van der Waals surface area contributed by atoms with E-state index in [-0.39, 0.29) is 22.5 Å². The number of halogens is 3. The van der Waals surface area contributed by atoms with Gasteiger partial charge in [-0.05, 0) is 67.9 Å². The third kappa shape index (κ3) is 6.21. The molecule has 0 unspecified atom stereocenters. The summed E-state index contributed by atoms with van der Waals surface area (Å²) in [5.41, 5.74) is -0.102. The Morgan fingerprint density at radius 2 is 1.68 bits per heavy atom. The van der Waals surface area contributed by atoms with Crippen LogP contribution in [0.4, 0.5) is 18.9 Å². The lowest BCUT2D eigenvalue weighted by atomic mass is 10.2. The molecule has 0 fully saturated rings. The smallest absolute Gasteiger partial charge is 0.453 e. The number of fused-ring (bicyclic) bond motifs is 1. The van der Waals surface area contributed by atoms with Gasteiger partial charge in [-0.1, -0.05) is 12.1 Å². The molecule has 0 bridgehead atoms. The van der Waals surface area contributed by atoms with E-state index in [4.69, 9.17) is 18.6 Å². The van der Waals surface area contributed by atoms with Gasteiger partial charge in [-0.3, -0.25) is 9.59 Å². The Morgan fingerprint density at radius 3 is 2.35 bits per heavy atom. The number of amides is 1. The number of rotatable bonds is 8. The van der Waals surface area contributed by atoms with E-state index in [0.29, 0.717) is 18.0 Å². The topological polar surface area (TPSA) is 87.0 Å². The lowest BCUT2D eigenvalue weighted by Crippen LogP contribution is -2.20. The molecule has 0 aliphatic rings. The van der Waals surface area contributed by atoms with Crippen molar-refractivity contribution in [3.63, 3.8) is 0 Å². The quantitative estimate of drug-likeness (QED) is 0.296. The largest absolute Gasteiger partial charge is 0.494 e. The Morgan fingerprint density at radius 1 is 0.946 bits per heavy atom. The predicted molar refractivity (Wildman–Crippen MR) is 130 cm³/mol. The van der Waals surface area contributed by atoms with E-state index >= 15 is 0 Å². The van der Waals surface area contributed by atoms with Gasteiger partial charge in [0.05, 0.1) is 12.0 Å². The summed E-state index contributed by atoms with van der Waals surface area (Å²) in [6.07, 6.45) is -5.00. The summed E-state index contributed by atoms with van der Waals surface area (Å²) < 4.78 is 62.4. The van der Waals surface area contributed by atoms with Gasteiger partial charge in [0.15, 0.2) is 6.61 Å². The Bertz CT molecular complexity index is 1480. The van der Waals surface area contributed by atoms with E-state index in [9.17, 15) is 22.8 Å². The van der Waals surface area contributed by atoms with Crippen LogP contribution in [0, 0.1) is 6.92 Å². The zero-order chi connectivity index (χ0) is 26.6. The van der Waals surface area contributed by atoms with E-state index < -0.39 is 35.6 Å². The molecule has 4 rings (SSSR count). The number of carbonyl (C=O) groups is 1. The van der Waals surface area contributed by atoms with E-state index in [1.807, 2.05) is 6.92 Å². The van der Waals surface area contributed by atoms with E-state index in [1.165, 1.54) is 24.3 Å². The molecule has 1 heterocycles. The third-order valence-electron chi connectivity index (χ3n) is 5.11. The first kappa shape index (κ1) is 25.6. The van der Waals surface area contributed by atoms with Crippen molar-refractivity contribution in [2.75, 3.05) is 18.5 Å². The van der Waals surface area contributed by atoms with Crippen molar-refractivity contribution in [3.05, 3.63) is 88.3 Å². The highest BCUT2D eigenvalue weighted by Gasteiger charge is 2.40. The molecule has 192 valence electrons. The zero-order valence-electron chi connectivity index (χ0n) is 19.8. The Hall–Kier alpha value is -4.47. The van der Waals surface area contributed by atoms with Crippen molar-refractivity contribution >= 4 is 22.6 Å². The first-order valence-corrected chi connectivity index (χ1v) is 11.2. The number of carbonyl (C=O) groups excluding carboxylic acids is 1. The van der Waals surface area contributed by atoms with Crippen molar-refractivity contribution in [3.8, 4) is 23.0 Å². The first-order valence-electron chi connectivity index (χ1n) is 11.2. The highest BCUT2D eigenvalue weighted by atomic mass is 19.4. The normalized spacial score (nSPS) is 11.3. The number of nitrogens with one attached hydrogen (secondary N) is 1. The molecular formula is C27H22F3NO6. The predicted octanol–water partition coefficient (Wildman–Crippen LogP) is 6.33. The number of hydrogen-bond acceptors (Lipinski definition) is 6. The molecule has 0 atom stereocenters. The molecule has 3 aromatic carbocycles. The maximum Gasteiger partial charge on any atom is 0.453 e. The lowest BCUT2D eigenvalue weighted by molar-refractivity contribution is -0.154. The van der Waals surface area contributed by atoms with E-state index in [1.54, 1.807) is 43.3 Å². The Labute approximate surface area is 209 Å². The number of aryl methyl sites for hydroxylation is 1. The SMILES string of the molecule is CCOc1ccc(NC(=O)COc2ccc3c(=O)c(Oc4cccc(C)c4)c(C(F)(F)F)oc3c2)cc1. The molecule has 0 aliphatic carbocycles. The molecule has 37 heavy (non-hydrogen) atoms. The molecule has 0 aliphatic heterocycles. The second-order valence-corrected chi connectivity index (χ2v) is 7.96. The van der Waals surface area contributed by atoms with Crippen LogP contribution in [0.15, 0.2) is 75.9 Å². The van der Waals surface area contributed by atoms with Crippen molar-refractivity contribution in [1.82, 2.24) is 0 Å². The summed E-state index contributed by atoms with van der Waals surface area (Å²) in [6, 6.07) is 16.7. The van der Waals surface area contributed by atoms with Crippen LogP contribution in [-0.2, 0) is 11.0 Å². The average Bonchev–Trinajstić information content (AvgIpc) is 2.85. The van der Waals surface area contributed by atoms with Gasteiger partial charge >= 0.3 is 6.18 Å². The van der Waals surface area contributed by atoms with E-state index in [2.05, 4.69) is 5.32 Å². The molecular weight excluding hydrogens is 491 g/mol. The number of hydrogen-bond donors (Lipinski definition) is 1. The van der Waals surface area contributed by atoms with Crippen molar-refractivity contribution < 1.29 is 36.6 Å². The van der Waals surface area contributed by atoms with Crippen LogP contribution >= 0.6 is 0 Å². The molecule has 10 heteroatoms. The average molecular weight is 513 g/mol. The zero-order valence-corrected chi connectivity index (χ0v) is 19.8. The van der Waals surface area contributed by atoms with Crippen molar-refractivity contribution in [2.24, 2.45) is 0 Å². The fourth-order valence-electron chi connectivity index (χ4n) is 3.47. The molecule has 1 amide bonds. The number of benzene rings is 3. The summed E-state index contributed by atoms with van der Waals surface area (Å²) in [5, 5.41) is 2.50. The van der Waals surface area contributed by atoms with Gasteiger partial charge in [-0.2, -0.15) is 13.2 Å². The molecule has 0 saturated carbocycles. The van der Waals surface area contributed by atoms with Crippen LogP contribution in [0.2, 0.25) is 0 Å². The van der Waals surface area contributed by atoms with Gasteiger partial charge in [-0.15, -0.1) is 0 Å². The second-order valence-electron chi connectivity index (χ2n) is 7.96. The van der Waals surface area contributed by atoms with E-state index in [0.717, 1.165) is 11.6 Å². The van der Waals surface area contributed by atoms with Crippen molar-refractivity contribution in [1.29, 1.82) is 0 Å². The molecule has 0 radical (unpaired) electrons. The van der Waals surface area contributed by atoms with Crippen LogP contribution in [0.3, 0.4) is 0 Å². The molecule has 0 spiro atoms. The fraction of sp³-hybridized carbons (Fsp3) is 0.185. The van der Waals surface area contributed by atoms with Gasteiger partial charge in [0.2, 0.25) is 11.2 Å². The van der Waals surface area contributed by atoms with Crippen LogP contribution in [-0.4, -0.2) is 19.1 Å². The number of alkyl halides is 3. The fourth-order valence-corrected chi connectivity index (χ4v) is 3.47. The molecule has 7 nitrogen and oxygen atoms in total. The summed E-state index contributed by atoms with van der Waals surface area (Å²) in [4.78, 5) is 25.2. The lowest BCUT2D eigenvalue weighted by Gasteiger charge is -2.14. The van der Waals surface area contributed by atoms with Crippen LogP contribution in [0.5, 0.6) is 23.0 Å². The summed E-state index contributed by atoms with van der Waals surface area (Å²) in [5.74, 6) is -2.27. The highest BCUT2D eigenvalue weighted by molar-refractivity contribution is 5.92. The summed E-state index contributed by atoms with van der Waals surface area (Å²) >= 11 is 0. The number of ether oxygens (including phenoxy) is 3. The Kier molecular flexibility index (Phi) is 7.37. The van der Waals surface area contributed by atoms with Crippen LogP contribution in [0.25, 0.3) is 11.0 Å². The maximum atomic E-state index is 13.8. The maximum absolute atomic E-state index is 13.8.